The smallest absolute Gasteiger partial charge is 0.408 e. The van der Waals surface area contributed by atoms with E-state index in [1.807, 2.05) is 0 Å². The van der Waals surface area contributed by atoms with Crippen molar-refractivity contribution in [3.05, 3.63) is 29.8 Å². The summed E-state index contributed by atoms with van der Waals surface area (Å²) in [6, 6.07) is 4.38. The number of carboxylic acid groups (broad SMARTS) is 1. The van der Waals surface area contributed by atoms with Crippen molar-refractivity contribution in [2.45, 2.75) is 37.9 Å². The number of hydrogen-bond acceptors (Lipinski definition) is 3. The first-order chi connectivity index (χ1) is 11.3. The molecule has 0 saturated carbocycles. The van der Waals surface area contributed by atoms with Gasteiger partial charge in [0.15, 0.2) is 6.61 Å². The minimum atomic E-state index is -4.45. The maximum Gasteiger partial charge on any atom is 0.408 e. The van der Waals surface area contributed by atoms with E-state index in [1.165, 1.54) is 12.1 Å². The van der Waals surface area contributed by atoms with E-state index < -0.39 is 30.7 Å². The molecule has 1 aromatic rings. The molecule has 1 saturated heterocycles. The molecule has 0 bridgehead atoms. The minimum absolute atomic E-state index is 0.0609. The molecule has 2 rings (SSSR count). The van der Waals surface area contributed by atoms with E-state index >= 15 is 0 Å². The van der Waals surface area contributed by atoms with Crippen LogP contribution in [-0.2, 0) is 16.0 Å². The number of carbonyl (C=O) groups excluding carboxylic acids is 1. The van der Waals surface area contributed by atoms with Gasteiger partial charge in [-0.25, -0.2) is 0 Å². The van der Waals surface area contributed by atoms with E-state index in [0.717, 1.165) is 4.90 Å². The van der Waals surface area contributed by atoms with Gasteiger partial charge < -0.3 is 14.7 Å². The molecule has 1 atom stereocenters. The third kappa shape index (κ3) is 4.87. The number of hydrogen-bond donors (Lipinski definition) is 1. The van der Waals surface area contributed by atoms with Crippen molar-refractivity contribution >= 4 is 11.9 Å². The Bertz CT molecular complexity index is 603. The third-order valence-corrected chi connectivity index (χ3v) is 3.82. The van der Waals surface area contributed by atoms with Gasteiger partial charge >= 0.3 is 12.1 Å². The van der Waals surface area contributed by atoms with Gasteiger partial charge in [0.2, 0.25) is 0 Å². The Labute approximate surface area is 137 Å². The van der Waals surface area contributed by atoms with Gasteiger partial charge in [0, 0.05) is 6.54 Å². The van der Waals surface area contributed by atoms with Crippen LogP contribution < -0.4 is 4.74 Å². The summed E-state index contributed by atoms with van der Waals surface area (Å²) < 4.78 is 44.2. The molecule has 0 spiro atoms. The Morgan fingerprint density at radius 3 is 2.71 bits per heavy atom. The van der Waals surface area contributed by atoms with Gasteiger partial charge in [-0.05, 0) is 37.0 Å². The molecule has 1 N–H and O–H groups in total. The number of carboxylic acids is 1. The van der Waals surface area contributed by atoms with Gasteiger partial charge in [0.1, 0.15) is 11.8 Å². The number of carbonyl (C=O) groups is 2. The van der Waals surface area contributed by atoms with Gasteiger partial charge in [-0.15, -0.1) is 0 Å². The molecule has 8 heteroatoms. The van der Waals surface area contributed by atoms with E-state index in [0.29, 0.717) is 18.4 Å². The molecule has 1 unspecified atom stereocenters. The lowest BCUT2D eigenvalue weighted by Crippen LogP contribution is -2.52. The van der Waals surface area contributed by atoms with Crippen LogP contribution >= 0.6 is 0 Å². The van der Waals surface area contributed by atoms with E-state index in [4.69, 9.17) is 9.84 Å². The van der Waals surface area contributed by atoms with Gasteiger partial charge in [0.25, 0.3) is 5.91 Å². The second kappa shape index (κ2) is 7.55. The van der Waals surface area contributed by atoms with Crippen LogP contribution in [-0.4, -0.2) is 47.3 Å². The first-order valence-corrected chi connectivity index (χ1v) is 7.57. The van der Waals surface area contributed by atoms with Crippen molar-refractivity contribution < 1.29 is 32.6 Å². The average Bonchev–Trinajstić information content (AvgIpc) is 2.51. The standard InChI is InChI=1S/C16H18F3NO4/c17-16(18,19)13-6-1-2-7-20(13)14(21)10-24-12-5-3-4-11(8-12)9-15(22)23/h3-5,8,13H,1-2,6-7,9-10H2,(H,22,23). The summed E-state index contributed by atoms with van der Waals surface area (Å²) in [4.78, 5) is 23.6. The molecule has 0 aliphatic carbocycles. The maximum atomic E-state index is 13.0. The number of rotatable bonds is 5. The van der Waals surface area contributed by atoms with Gasteiger partial charge in [-0.3, -0.25) is 9.59 Å². The maximum absolute atomic E-state index is 13.0. The molecule has 1 aliphatic rings. The summed E-state index contributed by atoms with van der Waals surface area (Å²) in [5.74, 6) is -1.48. The average molecular weight is 345 g/mol. The second-order valence-electron chi connectivity index (χ2n) is 5.65. The number of halogens is 3. The van der Waals surface area contributed by atoms with Gasteiger partial charge in [-0.1, -0.05) is 12.1 Å². The monoisotopic (exact) mass is 345 g/mol. The normalized spacial score (nSPS) is 18.3. The number of ether oxygens (including phenoxy) is 1. The summed E-state index contributed by atoms with van der Waals surface area (Å²) in [5.41, 5.74) is 0.485. The van der Waals surface area contributed by atoms with Crippen LogP contribution in [0.25, 0.3) is 0 Å². The highest BCUT2D eigenvalue weighted by atomic mass is 19.4. The van der Waals surface area contributed by atoms with Gasteiger partial charge in [0.05, 0.1) is 6.42 Å². The van der Waals surface area contributed by atoms with E-state index in [-0.39, 0.29) is 25.1 Å². The summed E-state index contributed by atoms with van der Waals surface area (Å²) in [7, 11) is 0. The number of likely N-dealkylation sites (tertiary alicyclic amines) is 1. The molecular weight excluding hydrogens is 327 g/mol. The molecule has 5 nitrogen and oxygen atoms in total. The summed E-state index contributed by atoms with van der Waals surface area (Å²) in [6.07, 6.45) is -3.77. The highest BCUT2D eigenvalue weighted by Crippen LogP contribution is 2.31. The van der Waals surface area contributed by atoms with E-state index in [9.17, 15) is 22.8 Å². The lowest BCUT2D eigenvalue weighted by atomic mass is 10.0. The molecule has 1 amide bonds. The SMILES string of the molecule is O=C(O)Cc1cccc(OCC(=O)N2CCCCC2C(F)(F)F)c1. The fraction of sp³-hybridized carbons (Fsp3) is 0.500. The van der Waals surface area contributed by atoms with Gasteiger partial charge in [-0.2, -0.15) is 13.2 Å². The minimum Gasteiger partial charge on any atom is -0.484 e. The Morgan fingerprint density at radius 2 is 2.04 bits per heavy atom. The van der Waals surface area contributed by atoms with Crippen molar-refractivity contribution in [1.29, 1.82) is 0 Å². The van der Waals surface area contributed by atoms with Crippen LogP contribution in [0.5, 0.6) is 5.75 Å². The molecule has 1 aliphatic heterocycles. The predicted molar refractivity (Wildman–Crippen MR) is 78.7 cm³/mol. The number of piperidine rings is 1. The molecule has 24 heavy (non-hydrogen) atoms. The quantitative estimate of drug-likeness (QED) is 0.891. The zero-order chi connectivity index (χ0) is 17.7. The molecule has 0 radical (unpaired) electrons. The van der Waals surface area contributed by atoms with Crippen molar-refractivity contribution in [3.63, 3.8) is 0 Å². The van der Waals surface area contributed by atoms with Crippen LogP contribution in [0.15, 0.2) is 24.3 Å². The largest absolute Gasteiger partial charge is 0.484 e. The van der Waals surface area contributed by atoms with Crippen molar-refractivity contribution in [2.24, 2.45) is 0 Å². The summed E-state index contributed by atoms with van der Waals surface area (Å²) >= 11 is 0. The van der Waals surface area contributed by atoms with Crippen LogP contribution in [0, 0.1) is 0 Å². The van der Waals surface area contributed by atoms with Crippen molar-refractivity contribution in [3.8, 4) is 5.75 Å². The van der Waals surface area contributed by atoms with Crippen molar-refractivity contribution in [1.82, 2.24) is 4.90 Å². The first kappa shape index (κ1) is 18.1. The highest BCUT2D eigenvalue weighted by Gasteiger charge is 2.46. The first-order valence-electron chi connectivity index (χ1n) is 7.57. The topological polar surface area (TPSA) is 66.8 Å². The molecule has 132 valence electrons. The number of nitrogens with zero attached hydrogens (tertiary/aromatic N) is 1. The molecule has 0 aromatic heterocycles. The Kier molecular flexibility index (Phi) is 5.69. The number of amides is 1. The number of aliphatic carboxylic acids is 1. The Hall–Kier alpha value is -2.25. The highest BCUT2D eigenvalue weighted by molar-refractivity contribution is 5.78. The van der Waals surface area contributed by atoms with Crippen LogP contribution in [0.1, 0.15) is 24.8 Å². The second-order valence-corrected chi connectivity index (χ2v) is 5.65. The van der Waals surface area contributed by atoms with Crippen LogP contribution in [0.2, 0.25) is 0 Å². The van der Waals surface area contributed by atoms with Crippen LogP contribution in [0.4, 0.5) is 13.2 Å². The van der Waals surface area contributed by atoms with E-state index in [1.54, 1.807) is 12.1 Å². The molecule has 1 heterocycles. The summed E-state index contributed by atoms with van der Waals surface area (Å²) in [6.45, 7) is -0.450. The summed E-state index contributed by atoms with van der Waals surface area (Å²) in [5, 5.41) is 8.74. The fourth-order valence-corrected chi connectivity index (χ4v) is 2.72. The van der Waals surface area contributed by atoms with E-state index in [2.05, 4.69) is 0 Å². The Balaban J connectivity index is 1.98. The zero-order valence-electron chi connectivity index (χ0n) is 12.9. The lowest BCUT2D eigenvalue weighted by molar-refractivity contribution is -0.196. The van der Waals surface area contributed by atoms with Crippen molar-refractivity contribution in [2.75, 3.05) is 13.2 Å². The number of alkyl halides is 3. The predicted octanol–water partition coefficient (Wildman–Crippen LogP) is 2.64. The molecule has 1 fully saturated rings. The zero-order valence-corrected chi connectivity index (χ0v) is 12.9. The van der Waals surface area contributed by atoms with Crippen LogP contribution in [0.3, 0.4) is 0 Å². The Morgan fingerprint density at radius 1 is 1.29 bits per heavy atom. The molecular formula is C16H18F3NO4. The lowest BCUT2D eigenvalue weighted by Gasteiger charge is -2.36. The molecule has 1 aromatic carbocycles. The third-order valence-electron chi connectivity index (χ3n) is 3.82. The fourth-order valence-electron chi connectivity index (χ4n) is 2.72. The number of benzene rings is 1.